The van der Waals surface area contributed by atoms with E-state index in [0.29, 0.717) is 19.8 Å². The van der Waals surface area contributed by atoms with Crippen LogP contribution in [0.5, 0.6) is 5.75 Å². The zero-order valence-electron chi connectivity index (χ0n) is 13.4. The van der Waals surface area contributed by atoms with Crippen molar-refractivity contribution in [3.8, 4) is 5.75 Å². The molecule has 2 aromatic carbocycles. The molecule has 1 heterocycles. The van der Waals surface area contributed by atoms with Crippen LogP contribution < -0.4 is 10.1 Å². The number of aromatic nitrogens is 1. The fourth-order valence-electron chi connectivity index (χ4n) is 2.63. The van der Waals surface area contributed by atoms with Crippen LogP contribution in [0.4, 0.5) is 5.69 Å². The molecule has 2 N–H and O–H groups in total. The molecule has 1 aromatic heterocycles. The maximum absolute atomic E-state index is 8.78. The number of rotatable bonds is 7. The van der Waals surface area contributed by atoms with Gasteiger partial charge in [-0.25, -0.2) is 4.98 Å². The Hall–Kier alpha value is -1.64. The molecule has 3 rings (SSSR count). The van der Waals surface area contributed by atoms with Crippen molar-refractivity contribution < 1.29 is 14.6 Å². The number of nitrogens with one attached hydrogen (secondary N) is 1. The summed E-state index contributed by atoms with van der Waals surface area (Å²) < 4.78 is 11.8. The first kappa shape index (κ1) is 17.2. The molecule has 126 valence electrons. The Morgan fingerprint density at radius 3 is 2.75 bits per heavy atom. The van der Waals surface area contributed by atoms with Gasteiger partial charge in [0.25, 0.3) is 0 Å². The minimum absolute atomic E-state index is 0.0384. The summed E-state index contributed by atoms with van der Waals surface area (Å²) >= 11 is 2.29. The van der Waals surface area contributed by atoms with E-state index in [1.54, 1.807) is 7.11 Å². The Balaban J connectivity index is 2.05. The number of aliphatic hydroxyl groups is 1. The van der Waals surface area contributed by atoms with E-state index in [2.05, 4.69) is 46.1 Å². The van der Waals surface area contributed by atoms with Crippen molar-refractivity contribution in [1.82, 2.24) is 4.98 Å². The SMILES string of the molecule is COc1ccc2nc3cc([125I])ccc3c(NCCOCCO)c2c1. The number of nitrogens with zero attached hydrogens (tertiary/aromatic N) is 1. The Morgan fingerprint density at radius 2 is 1.96 bits per heavy atom. The predicted molar refractivity (Wildman–Crippen MR) is 105 cm³/mol. The van der Waals surface area contributed by atoms with E-state index in [4.69, 9.17) is 19.6 Å². The van der Waals surface area contributed by atoms with Crippen LogP contribution in [0.2, 0.25) is 0 Å². The monoisotopic (exact) mass is 436 g/mol. The van der Waals surface area contributed by atoms with Crippen molar-refractivity contribution in [1.29, 1.82) is 0 Å². The van der Waals surface area contributed by atoms with E-state index in [0.717, 1.165) is 36.8 Å². The van der Waals surface area contributed by atoms with E-state index in [-0.39, 0.29) is 6.61 Å². The van der Waals surface area contributed by atoms with Crippen LogP contribution in [0.15, 0.2) is 36.4 Å². The Kier molecular flexibility index (Phi) is 5.70. The van der Waals surface area contributed by atoms with Crippen LogP contribution in [-0.2, 0) is 4.74 Å². The first-order valence-electron chi connectivity index (χ1n) is 7.72. The summed E-state index contributed by atoms with van der Waals surface area (Å²) in [6.07, 6.45) is 0. The second kappa shape index (κ2) is 7.96. The van der Waals surface area contributed by atoms with Crippen LogP contribution in [0.25, 0.3) is 21.8 Å². The van der Waals surface area contributed by atoms with Gasteiger partial charge in [0.15, 0.2) is 0 Å². The van der Waals surface area contributed by atoms with Gasteiger partial charge in [-0.2, -0.15) is 0 Å². The molecular weight excluding hydrogens is 417 g/mol. The maximum Gasteiger partial charge on any atom is 0.119 e. The van der Waals surface area contributed by atoms with Gasteiger partial charge >= 0.3 is 0 Å². The lowest BCUT2D eigenvalue weighted by Crippen LogP contribution is -2.12. The van der Waals surface area contributed by atoms with Crippen molar-refractivity contribution in [3.05, 3.63) is 40.0 Å². The molecule has 0 fully saturated rings. The molecule has 0 saturated carbocycles. The number of aliphatic hydroxyl groups excluding tert-OH is 1. The highest BCUT2D eigenvalue weighted by Gasteiger charge is 2.10. The number of halogens is 1. The number of benzene rings is 2. The second-order valence-corrected chi connectivity index (χ2v) is 6.54. The van der Waals surface area contributed by atoms with Gasteiger partial charge in [0.1, 0.15) is 5.75 Å². The van der Waals surface area contributed by atoms with E-state index in [9.17, 15) is 0 Å². The molecule has 24 heavy (non-hydrogen) atoms. The number of fused-ring (bicyclic) bond motifs is 2. The Labute approximate surface area is 154 Å². The third kappa shape index (κ3) is 3.71. The van der Waals surface area contributed by atoms with Gasteiger partial charge in [-0.15, -0.1) is 0 Å². The average Bonchev–Trinajstić information content (AvgIpc) is 2.60. The molecule has 0 aliphatic carbocycles. The molecule has 5 nitrogen and oxygen atoms in total. The third-order valence-electron chi connectivity index (χ3n) is 3.73. The number of anilines is 1. The minimum Gasteiger partial charge on any atom is -0.497 e. The average molecular weight is 436 g/mol. The highest BCUT2D eigenvalue weighted by Crippen LogP contribution is 2.33. The minimum atomic E-state index is 0.0384. The molecule has 6 heteroatoms. The predicted octanol–water partition coefficient (Wildman–Crippen LogP) is 3.42. The molecule has 0 atom stereocenters. The lowest BCUT2D eigenvalue weighted by Gasteiger charge is -2.14. The summed E-state index contributed by atoms with van der Waals surface area (Å²) in [4.78, 5) is 4.77. The normalized spacial score (nSPS) is 11.1. The highest BCUT2D eigenvalue weighted by molar-refractivity contribution is 14.1. The summed E-state index contributed by atoms with van der Waals surface area (Å²) in [5.41, 5.74) is 2.90. The smallest absolute Gasteiger partial charge is 0.119 e. The molecule has 0 bridgehead atoms. The number of hydrogen-bond acceptors (Lipinski definition) is 5. The second-order valence-electron chi connectivity index (χ2n) is 5.29. The zero-order chi connectivity index (χ0) is 16.9. The van der Waals surface area contributed by atoms with Gasteiger partial charge in [0.2, 0.25) is 0 Å². The molecule has 0 saturated heterocycles. The van der Waals surface area contributed by atoms with Crippen LogP contribution in [0.1, 0.15) is 0 Å². The first-order chi connectivity index (χ1) is 11.7. The van der Waals surface area contributed by atoms with Crippen molar-refractivity contribution in [2.45, 2.75) is 0 Å². The topological polar surface area (TPSA) is 63.6 Å². The summed E-state index contributed by atoms with van der Waals surface area (Å²) in [7, 11) is 1.66. The molecule has 0 amide bonds. The van der Waals surface area contributed by atoms with E-state index in [1.807, 2.05) is 18.2 Å². The molecule has 0 unspecified atom stereocenters. The van der Waals surface area contributed by atoms with Crippen molar-refractivity contribution in [2.24, 2.45) is 0 Å². The zero-order valence-corrected chi connectivity index (χ0v) is 15.5. The summed E-state index contributed by atoms with van der Waals surface area (Å²) in [5.74, 6) is 0.800. The molecule has 3 aromatic rings. The third-order valence-corrected chi connectivity index (χ3v) is 4.40. The molecule has 0 spiro atoms. The molecule has 0 aliphatic heterocycles. The largest absolute Gasteiger partial charge is 0.497 e. The maximum atomic E-state index is 8.78. The van der Waals surface area contributed by atoms with Crippen molar-refractivity contribution in [2.75, 3.05) is 38.8 Å². The van der Waals surface area contributed by atoms with Gasteiger partial charge < -0.3 is 19.9 Å². The van der Waals surface area contributed by atoms with Crippen LogP contribution >= 0.6 is 22.6 Å². The number of methoxy groups -OCH3 is 1. The van der Waals surface area contributed by atoms with Gasteiger partial charge in [-0.3, -0.25) is 0 Å². The van der Waals surface area contributed by atoms with Crippen LogP contribution in [0, 0.1) is 3.57 Å². The van der Waals surface area contributed by atoms with E-state index >= 15 is 0 Å². The lowest BCUT2D eigenvalue weighted by atomic mass is 10.1. The van der Waals surface area contributed by atoms with Gasteiger partial charge in [-0.05, 0) is 59.0 Å². The first-order valence-corrected chi connectivity index (χ1v) is 8.80. The fourth-order valence-corrected chi connectivity index (χ4v) is 3.10. The number of hydrogen-bond donors (Lipinski definition) is 2. The quantitative estimate of drug-likeness (QED) is 0.338. The van der Waals surface area contributed by atoms with E-state index < -0.39 is 0 Å². The van der Waals surface area contributed by atoms with Crippen LogP contribution in [0.3, 0.4) is 0 Å². The fraction of sp³-hybridized carbons (Fsp3) is 0.278. The Bertz CT molecular complexity index is 854. The Morgan fingerprint density at radius 1 is 1.08 bits per heavy atom. The summed E-state index contributed by atoms with van der Waals surface area (Å²) in [5, 5.41) is 14.3. The van der Waals surface area contributed by atoms with Gasteiger partial charge in [0, 0.05) is 20.9 Å². The van der Waals surface area contributed by atoms with Crippen molar-refractivity contribution in [3.63, 3.8) is 0 Å². The van der Waals surface area contributed by atoms with Gasteiger partial charge in [-0.1, -0.05) is 0 Å². The molecular formula is C18H19IN2O3. The van der Waals surface area contributed by atoms with Crippen LogP contribution in [-0.4, -0.2) is 43.6 Å². The van der Waals surface area contributed by atoms with Gasteiger partial charge in [0.05, 0.1) is 43.7 Å². The number of pyridine rings is 1. The standard InChI is InChI=1S/C18H19IN2O3/c1-23-13-3-5-16-15(11-13)18(20-6-8-24-9-7-22)14-4-2-12(19)10-17(14)21-16/h2-5,10-11,22H,6-9H2,1H3,(H,20,21)/i19-2. The number of ether oxygens (including phenoxy) is 2. The highest BCUT2D eigenvalue weighted by atomic mass is 125. The van der Waals surface area contributed by atoms with E-state index in [1.165, 1.54) is 0 Å². The summed E-state index contributed by atoms with van der Waals surface area (Å²) in [6, 6.07) is 12.1. The lowest BCUT2D eigenvalue weighted by molar-refractivity contribution is 0.0992. The van der Waals surface area contributed by atoms with Crippen molar-refractivity contribution >= 4 is 50.1 Å². The molecule has 0 aliphatic rings. The summed E-state index contributed by atoms with van der Waals surface area (Å²) in [6.45, 7) is 1.57. The molecule has 0 radical (unpaired) electrons.